The molecule has 0 atom stereocenters. The van der Waals surface area contributed by atoms with Crippen molar-refractivity contribution in [2.24, 2.45) is 4.99 Å². The largest absolute Gasteiger partial charge is 0.469 e. The normalized spacial score (nSPS) is 10.9. The first-order valence-corrected chi connectivity index (χ1v) is 8.37. The van der Waals surface area contributed by atoms with Crippen LogP contribution in [0.4, 0.5) is 0 Å². The Morgan fingerprint density at radius 2 is 1.96 bits per heavy atom. The molecule has 0 aliphatic heterocycles. The minimum atomic E-state index is -0.144. The lowest BCUT2D eigenvalue weighted by Crippen LogP contribution is -2.38. The molecule has 8 heteroatoms. The maximum Gasteiger partial charge on any atom is 0.305 e. The van der Waals surface area contributed by atoms with Gasteiger partial charge in [0.25, 0.3) is 0 Å². The number of nitrogens with one attached hydrogen (secondary N) is 2. The fourth-order valence-electron chi connectivity index (χ4n) is 2.05. The predicted molar refractivity (Wildman–Crippen MR) is 108 cm³/mol. The summed E-state index contributed by atoms with van der Waals surface area (Å²) >= 11 is 0. The zero-order valence-corrected chi connectivity index (χ0v) is 17.4. The molecule has 2 N–H and O–H groups in total. The van der Waals surface area contributed by atoms with E-state index in [1.165, 1.54) is 7.11 Å². The van der Waals surface area contributed by atoms with Crippen LogP contribution in [0.5, 0.6) is 0 Å². The second kappa shape index (κ2) is 16.2. The fraction of sp³-hybridized carbons (Fsp3) is 0.647. The van der Waals surface area contributed by atoms with E-state index < -0.39 is 0 Å². The van der Waals surface area contributed by atoms with Crippen LogP contribution in [0.1, 0.15) is 37.9 Å². The smallest absolute Gasteiger partial charge is 0.305 e. The quantitative estimate of drug-likeness (QED) is 0.162. The topological polar surface area (TPSA) is 85.1 Å². The molecule has 144 valence electrons. The number of nitrogens with zero attached hydrogens (tertiary/aromatic N) is 1. The number of guanidine groups is 1. The Balaban J connectivity index is 0.00000576. The average molecular weight is 467 g/mol. The van der Waals surface area contributed by atoms with Crippen LogP contribution in [0.25, 0.3) is 0 Å². The third-order valence-corrected chi connectivity index (χ3v) is 3.38. The zero-order valence-electron chi connectivity index (χ0n) is 15.1. The summed E-state index contributed by atoms with van der Waals surface area (Å²) in [6.07, 6.45) is 5.85. The Morgan fingerprint density at radius 1 is 1.20 bits per heavy atom. The van der Waals surface area contributed by atoms with Crippen molar-refractivity contribution in [2.45, 2.75) is 38.7 Å². The van der Waals surface area contributed by atoms with Crippen LogP contribution in [-0.4, -0.2) is 45.8 Å². The third kappa shape index (κ3) is 12.7. The lowest BCUT2D eigenvalue weighted by molar-refractivity contribution is -0.140. The molecule has 7 nitrogen and oxygen atoms in total. The second-order valence-corrected chi connectivity index (χ2v) is 5.30. The highest BCUT2D eigenvalue weighted by Gasteiger charge is 2.00. The van der Waals surface area contributed by atoms with Crippen molar-refractivity contribution in [1.29, 1.82) is 0 Å². The number of carbonyl (C=O) groups is 1. The van der Waals surface area contributed by atoms with Gasteiger partial charge in [0.1, 0.15) is 12.4 Å². The van der Waals surface area contributed by atoms with E-state index in [0.29, 0.717) is 19.6 Å². The summed E-state index contributed by atoms with van der Waals surface area (Å²) < 4.78 is 15.3. The lowest BCUT2D eigenvalue weighted by Gasteiger charge is -2.11. The molecular weight excluding hydrogens is 437 g/mol. The first-order valence-electron chi connectivity index (χ1n) is 8.37. The molecule has 0 fully saturated rings. The Bertz CT molecular complexity index is 466. The number of aliphatic imine (C=N–C) groups is 1. The van der Waals surface area contributed by atoms with Crippen LogP contribution >= 0.6 is 24.0 Å². The molecule has 0 bridgehead atoms. The Morgan fingerprint density at radius 3 is 2.60 bits per heavy atom. The highest BCUT2D eigenvalue weighted by Crippen LogP contribution is 2.02. The van der Waals surface area contributed by atoms with Crippen LogP contribution in [0.3, 0.4) is 0 Å². The number of esters is 1. The fourth-order valence-corrected chi connectivity index (χ4v) is 2.05. The summed E-state index contributed by atoms with van der Waals surface area (Å²) in [5.41, 5.74) is 0. The van der Waals surface area contributed by atoms with E-state index in [2.05, 4.69) is 20.4 Å². The molecule has 0 saturated heterocycles. The molecule has 0 aliphatic carbocycles. The van der Waals surface area contributed by atoms with Gasteiger partial charge in [0.15, 0.2) is 5.96 Å². The van der Waals surface area contributed by atoms with E-state index in [9.17, 15) is 4.79 Å². The molecule has 1 aromatic rings. The van der Waals surface area contributed by atoms with Gasteiger partial charge in [-0.2, -0.15) is 0 Å². The van der Waals surface area contributed by atoms with Crippen LogP contribution < -0.4 is 10.6 Å². The Hall–Kier alpha value is -1.29. The number of halogens is 1. The van der Waals surface area contributed by atoms with E-state index in [0.717, 1.165) is 50.5 Å². The number of furan rings is 1. The highest BCUT2D eigenvalue weighted by atomic mass is 127. The summed E-state index contributed by atoms with van der Waals surface area (Å²) in [5, 5.41) is 6.49. The van der Waals surface area contributed by atoms with E-state index in [1.54, 1.807) is 13.3 Å². The molecule has 1 heterocycles. The van der Waals surface area contributed by atoms with Gasteiger partial charge in [-0.25, -0.2) is 0 Å². The molecule has 0 aromatic carbocycles. The zero-order chi connectivity index (χ0) is 17.5. The van der Waals surface area contributed by atoms with Gasteiger partial charge in [-0.05, 0) is 31.4 Å². The minimum absolute atomic E-state index is 0. The van der Waals surface area contributed by atoms with Crippen molar-refractivity contribution >= 4 is 35.9 Å². The number of carbonyl (C=O) groups excluding carboxylic acids is 1. The molecule has 0 unspecified atom stereocenters. The number of rotatable bonds is 12. The van der Waals surface area contributed by atoms with Gasteiger partial charge < -0.3 is 24.5 Å². The van der Waals surface area contributed by atoms with Crippen molar-refractivity contribution in [3.63, 3.8) is 0 Å². The van der Waals surface area contributed by atoms with Gasteiger partial charge in [-0.3, -0.25) is 9.79 Å². The lowest BCUT2D eigenvalue weighted by atomic mass is 10.2. The summed E-state index contributed by atoms with van der Waals surface area (Å²) in [6.45, 7) is 2.79. The molecule has 0 radical (unpaired) electrons. The van der Waals surface area contributed by atoms with Crippen LogP contribution in [0.15, 0.2) is 27.8 Å². The van der Waals surface area contributed by atoms with Gasteiger partial charge in [-0.1, -0.05) is 6.42 Å². The van der Waals surface area contributed by atoms with Gasteiger partial charge >= 0.3 is 5.97 Å². The van der Waals surface area contributed by atoms with Gasteiger partial charge in [0.05, 0.1) is 13.4 Å². The van der Waals surface area contributed by atoms with Crippen LogP contribution in [-0.2, 0) is 20.9 Å². The monoisotopic (exact) mass is 467 g/mol. The average Bonchev–Trinajstić information content (AvgIpc) is 3.12. The number of hydrogen-bond donors (Lipinski definition) is 2. The minimum Gasteiger partial charge on any atom is -0.469 e. The van der Waals surface area contributed by atoms with Crippen molar-refractivity contribution in [1.82, 2.24) is 10.6 Å². The van der Waals surface area contributed by atoms with E-state index in [4.69, 9.17) is 9.15 Å². The highest BCUT2D eigenvalue weighted by molar-refractivity contribution is 14.0. The Labute approximate surface area is 166 Å². The standard InChI is InChI=1S/C17H29N3O4.HI/c1-18-17(19-10-5-3-4-9-16(21)22-2)20-11-7-12-23-14-15-8-6-13-24-15;/h6,8,13H,3-5,7,9-12,14H2,1-2H3,(H2,18,19,20);1H. The van der Waals surface area contributed by atoms with E-state index >= 15 is 0 Å². The maximum absolute atomic E-state index is 11.0. The molecular formula is C17H30IN3O4. The molecule has 1 aromatic heterocycles. The van der Waals surface area contributed by atoms with Gasteiger partial charge in [-0.15, -0.1) is 24.0 Å². The third-order valence-electron chi connectivity index (χ3n) is 3.38. The molecule has 1 rings (SSSR count). The summed E-state index contributed by atoms with van der Waals surface area (Å²) in [6, 6.07) is 3.75. The molecule has 0 amide bonds. The number of methoxy groups -OCH3 is 1. The maximum atomic E-state index is 11.0. The molecule has 0 spiro atoms. The van der Waals surface area contributed by atoms with E-state index in [-0.39, 0.29) is 29.9 Å². The Kier molecular flexibility index (Phi) is 15.4. The first kappa shape index (κ1) is 23.7. The summed E-state index contributed by atoms with van der Waals surface area (Å²) in [4.78, 5) is 15.1. The van der Waals surface area contributed by atoms with E-state index in [1.807, 2.05) is 12.1 Å². The van der Waals surface area contributed by atoms with Crippen LogP contribution in [0.2, 0.25) is 0 Å². The predicted octanol–water partition coefficient (Wildman–Crippen LogP) is 2.70. The van der Waals surface area contributed by atoms with Crippen molar-refractivity contribution in [2.75, 3.05) is 33.9 Å². The first-order chi connectivity index (χ1) is 11.8. The van der Waals surface area contributed by atoms with Crippen molar-refractivity contribution in [3.8, 4) is 0 Å². The second-order valence-electron chi connectivity index (χ2n) is 5.30. The van der Waals surface area contributed by atoms with Crippen LogP contribution in [0, 0.1) is 0 Å². The van der Waals surface area contributed by atoms with Gasteiger partial charge in [0.2, 0.25) is 0 Å². The number of hydrogen-bond acceptors (Lipinski definition) is 5. The summed E-state index contributed by atoms with van der Waals surface area (Å²) in [5.74, 6) is 1.48. The number of ether oxygens (including phenoxy) is 2. The molecule has 0 saturated carbocycles. The van der Waals surface area contributed by atoms with Crippen molar-refractivity contribution < 1.29 is 18.7 Å². The SMILES string of the molecule is CN=C(NCCCCCC(=O)OC)NCCCOCc1ccco1.I. The molecule has 25 heavy (non-hydrogen) atoms. The van der Waals surface area contributed by atoms with Gasteiger partial charge in [0, 0.05) is 33.2 Å². The summed E-state index contributed by atoms with van der Waals surface area (Å²) in [7, 11) is 3.17. The van der Waals surface area contributed by atoms with Crippen molar-refractivity contribution in [3.05, 3.63) is 24.2 Å². The molecule has 0 aliphatic rings. The number of unbranched alkanes of at least 4 members (excludes halogenated alkanes) is 2.